The molecule has 1 aliphatic heterocycles. The highest BCUT2D eigenvalue weighted by molar-refractivity contribution is 6.30. The summed E-state index contributed by atoms with van der Waals surface area (Å²) in [5, 5.41) is 3.50. The topological polar surface area (TPSA) is 41.6 Å². The first-order valence-electron chi connectivity index (χ1n) is 8.18. The molecule has 1 aliphatic rings. The van der Waals surface area contributed by atoms with Gasteiger partial charge in [-0.3, -0.25) is 0 Å². The SMILES string of the molecule is O=C(Nc1cccc(Cl)c1)N1CCC(OCc2ccccc2)CC1. The number of nitrogens with one attached hydrogen (secondary N) is 1. The van der Waals surface area contributed by atoms with Crippen LogP contribution in [0.2, 0.25) is 5.02 Å². The molecular formula is C19H21ClN2O2. The lowest BCUT2D eigenvalue weighted by molar-refractivity contribution is 0.00540. The number of anilines is 1. The van der Waals surface area contributed by atoms with Crippen molar-refractivity contribution in [3.63, 3.8) is 0 Å². The van der Waals surface area contributed by atoms with Gasteiger partial charge in [-0.25, -0.2) is 4.79 Å². The Kier molecular flexibility index (Phi) is 5.72. The van der Waals surface area contributed by atoms with E-state index in [1.165, 1.54) is 5.56 Å². The number of halogens is 1. The maximum Gasteiger partial charge on any atom is 0.321 e. The maximum atomic E-state index is 12.3. The van der Waals surface area contributed by atoms with E-state index in [1.807, 2.05) is 35.2 Å². The molecule has 1 N–H and O–H groups in total. The number of nitrogens with zero attached hydrogens (tertiary/aromatic N) is 1. The van der Waals surface area contributed by atoms with E-state index in [-0.39, 0.29) is 12.1 Å². The molecule has 0 spiro atoms. The number of carbonyl (C=O) groups is 1. The van der Waals surface area contributed by atoms with E-state index in [0.717, 1.165) is 18.5 Å². The minimum Gasteiger partial charge on any atom is -0.373 e. The summed E-state index contributed by atoms with van der Waals surface area (Å²) in [5.41, 5.74) is 1.90. The van der Waals surface area contributed by atoms with Crippen LogP contribution in [0.1, 0.15) is 18.4 Å². The van der Waals surface area contributed by atoms with Gasteiger partial charge in [-0.15, -0.1) is 0 Å². The van der Waals surface area contributed by atoms with Crippen LogP contribution in [0.25, 0.3) is 0 Å². The quantitative estimate of drug-likeness (QED) is 0.883. The molecule has 0 bridgehead atoms. The van der Waals surface area contributed by atoms with Gasteiger partial charge in [0.25, 0.3) is 0 Å². The summed E-state index contributed by atoms with van der Waals surface area (Å²) in [7, 11) is 0. The zero-order valence-electron chi connectivity index (χ0n) is 13.5. The number of ether oxygens (including phenoxy) is 1. The summed E-state index contributed by atoms with van der Waals surface area (Å²) < 4.78 is 5.96. The Morgan fingerprint density at radius 1 is 1.12 bits per heavy atom. The first-order chi connectivity index (χ1) is 11.7. The normalized spacial score (nSPS) is 15.3. The minimum absolute atomic E-state index is 0.0845. The van der Waals surface area contributed by atoms with E-state index in [4.69, 9.17) is 16.3 Å². The molecule has 2 aromatic rings. The molecular weight excluding hydrogens is 324 g/mol. The van der Waals surface area contributed by atoms with Gasteiger partial charge >= 0.3 is 6.03 Å². The Morgan fingerprint density at radius 3 is 2.58 bits per heavy atom. The third-order valence-corrected chi connectivity index (χ3v) is 4.37. The number of rotatable bonds is 4. The molecule has 0 unspecified atom stereocenters. The Labute approximate surface area is 147 Å². The van der Waals surface area contributed by atoms with Crippen molar-refractivity contribution in [2.45, 2.75) is 25.6 Å². The Balaban J connectivity index is 1.43. The second kappa shape index (κ2) is 8.18. The third kappa shape index (κ3) is 4.73. The molecule has 24 heavy (non-hydrogen) atoms. The van der Waals surface area contributed by atoms with Gasteiger partial charge in [-0.05, 0) is 36.6 Å². The zero-order valence-corrected chi connectivity index (χ0v) is 14.2. The predicted molar refractivity (Wildman–Crippen MR) is 96.3 cm³/mol. The first kappa shape index (κ1) is 16.8. The molecule has 0 radical (unpaired) electrons. The van der Waals surface area contributed by atoms with Gasteiger partial charge < -0.3 is 15.0 Å². The molecule has 0 aliphatic carbocycles. The Morgan fingerprint density at radius 2 is 1.88 bits per heavy atom. The van der Waals surface area contributed by atoms with Crippen LogP contribution >= 0.6 is 11.6 Å². The van der Waals surface area contributed by atoms with E-state index < -0.39 is 0 Å². The summed E-state index contributed by atoms with van der Waals surface area (Å²) in [5.74, 6) is 0. The van der Waals surface area contributed by atoms with Crippen LogP contribution in [-0.4, -0.2) is 30.1 Å². The molecule has 0 atom stereocenters. The van der Waals surface area contributed by atoms with Gasteiger partial charge in [0, 0.05) is 23.8 Å². The van der Waals surface area contributed by atoms with Crippen LogP contribution in [0.15, 0.2) is 54.6 Å². The van der Waals surface area contributed by atoms with Crippen molar-refractivity contribution in [3.8, 4) is 0 Å². The lowest BCUT2D eigenvalue weighted by Gasteiger charge is -2.32. The Hall–Kier alpha value is -2.04. The van der Waals surface area contributed by atoms with Crippen molar-refractivity contribution in [2.24, 2.45) is 0 Å². The summed E-state index contributed by atoms with van der Waals surface area (Å²) in [6.45, 7) is 2.03. The number of amides is 2. The highest BCUT2D eigenvalue weighted by Crippen LogP contribution is 2.19. The third-order valence-electron chi connectivity index (χ3n) is 4.13. The number of benzene rings is 2. The van der Waals surface area contributed by atoms with Gasteiger partial charge in [0.05, 0.1) is 12.7 Å². The van der Waals surface area contributed by atoms with E-state index in [0.29, 0.717) is 24.7 Å². The van der Waals surface area contributed by atoms with E-state index >= 15 is 0 Å². The average Bonchev–Trinajstić information content (AvgIpc) is 2.61. The highest BCUT2D eigenvalue weighted by Gasteiger charge is 2.23. The van der Waals surface area contributed by atoms with Crippen LogP contribution < -0.4 is 5.32 Å². The molecule has 3 rings (SSSR count). The lowest BCUT2D eigenvalue weighted by Crippen LogP contribution is -2.43. The number of carbonyl (C=O) groups excluding carboxylic acids is 1. The van der Waals surface area contributed by atoms with Gasteiger partial charge in [-0.2, -0.15) is 0 Å². The second-order valence-electron chi connectivity index (χ2n) is 5.92. The highest BCUT2D eigenvalue weighted by atomic mass is 35.5. The van der Waals surface area contributed by atoms with Crippen LogP contribution in [0, 0.1) is 0 Å². The smallest absolute Gasteiger partial charge is 0.321 e. The molecule has 5 heteroatoms. The predicted octanol–water partition coefficient (Wildman–Crippen LogP) is 4.55. The minimum atomic E-state index is -0.0845. The lowest BCUT2D eigenvalue weighted by atomic mass is 10.1. The van der Waals surface area contributed by atoms with E-state index in [9.17, 15) is 4.79 Å². The van der Waals surface area contributed by atoms with Crippen LogP contribution in [0.3, 0.4) is 0 Å². The fraction of sp³-hybridized carbons (Fsp3) is 0.316. The molecule has 4 nitrogen and oxygen atoms in total. The van der Waals surface area contributed by atoms with Crippen LogP contribution in [0.5, 0.6) is 0 Å². The van der Waals surface area contributed by atoms with Gasteiger partial charge in [0.2, 0.25) is 0 Å². The van der Waals surface area contributed by atoms with Crippen molar-refractivity contribution >= 4 is 23.3 Å². The number of hydrogen-bond donors (Lipinski definition) is 1. The molecule has 2 amide bonds. The largest absolute Gasteiger partial charge is 0.373 e. The molecule has 0 aromatic heterocycles. The molecule has 0 saturated carbocycles. The number of hydrogen-bond acceptors (Lipinski definition) is 2. The van der Waals surface area contributed by atoms with Crippen molar-refractivity contribution in [1.82, 2.24) is 4.90 Å². The van der Waals surface area contributed by atoms with Crippen molar-refractivity contribution in [1.29, 1.82) is 0 Å². The zero-order chi connectivity index (χ0) is 16.8. The van der Waals surface area contributed by atoms with E-state index in [1.54, 1.807) is 12.1 Å². The second-order valence-corrected chi connectivity index (χ2v) is 6.36. The molecule has 1 heterocycles. The number of likely N-dealkylation sites (tertiary alicyclic amines) is 1. The average molecular weight is 345 g/mol. The fourth-order valence-corrected chi connectivity index (χ4v) is 2.97. The van der Waals surface area contributed by atoms with Crippen LogP contribution in [0.4, 0.5) is 10.5 Å². The summed E-state index contributed by atoms with van der Waals surface area (Å²) in [6.07, 6.45) is 1.92. The molecule has 126 valence electrons. The standard InChI is InChI=1S/C19H21ClN2O2/c20-16-7-4-8-17(13-16)21-19(23)22-11-9-18(10-12-22)24-14-15-5-2-1-3-6-15/h1-8,13,18H,9-12,14H2,(H,21,23). The summed E-state index contributed by atoms with van der Waals surface area (Å²) >= 11 is 5.94. The molecule has 1 fully saturated rings. The first-order valence-corrected chi connectivity index (χ1v) is 8.55. The van der Waals surface area contributed by atoms with Crippen molar-refractivity contribution < 1.29 is 9.53 Å². The van der Waals surface area contributed by atoms with Crippen molar-refractivity contribution in [3.05, 3.63) is 65.2 Å². The van der Waals surface area contributed by atoms with Gasteiger partial charge in [-0.1, -0.05) is 48.0 Å². The summed E-state index contributed by atoms with van der Waals surface area (Å²) in [6, 6.07) is 17.3. The van der Waals surface area contributed by atoms with Crippen molar-refractivity contribution in [2.75, 3.05) is 18.4 Å². The number of piperidine rings is 1. The molecule has 1 saturated heterocycles. The van der Waals surface area contributed by atoms with Gasteiger partial charge in [0.1, 0.15) is 0 Å². The summed E-state index contributed by atoms with van der Waals surface area (Å²) in [4.78, 5) is 14.1. The van der Waals surface area contributed by atoms with Crippen LogP contribution in [-0.2, 0) is 11.3 Å². The van der Waals surface area contributed by atoms with Gasteiger partial charge in [0.15, 0.2) is 0 Å². The monoisotopic (exact) mass is 344 g/mol. The fourth-order valence-electron chi connectivity index (χ4n) is 2.78. The maximum absolute atomic E-state index is 12.3. The van der Waals surface area contributed by atoms with E-state index in [2.05, 4.69) is 17.4 Å². The Bertz CT molecular complexity index is 670. The number of urea groups is 1. The molecule has 2 aromatic carbocycles.